The zero-order chi connectivity index (χ0) is 12.2. The average molecular weight is 229 g/mol. The van der Waals surface area contributed by atoms with Gasteiger partial charge in [0.05, 0.1) is 17.7 Å². The molecule has 0 radical (unpaired) electrons. The van der Waals surface area contributed by atoms with Crippen molar-refractivity contribution >= 4 is 6.41 Å². The van der Waals surface area contributed by atoms with E-state index in [1.165, 1.54) is 5.06 Å². The van der Waals surface area contributed by atoms with E-state index < -0.39 is 0 Å². The highest BCUT2D eigenvalue weighted by Gasteiger charge is 2.28. The summed E-state index contributed by atoms with van der Waals surface area (Å²) in [6.07, 6.45) is 5.04. The molecular formula is C12H23NO3. The largest absolute Gasteiger partial charge is 0.381 e. The van der Waals surface area contributed by atoms with Crippen molar-refractivity contribution in [2.75, 3.05) is 7.11 Å². The lowest BCUT2D eigenvalue weighted by Crippen LogP contribution is -2.42. The maximum Gasteiger partial charge on any atom is 0.233 e. The summed E-state index contributed by atoms with van der Waals surface area (Å²) in [5, 5.41) is 1.48. The van der Waals surface area contributed by atoms with Crippen LogP contribution in [0.5, 0.6) is 0 Å². The molecule has 0 unspecified atom stereocenters. The third kappa shape index (κ3) is 4.10. The van der Waals surface area contributed by atoms with Gasteiger partial charge in [-0.1, -0.05) is 0 Å². The van der Waals surface area contributed by atoms with Crippen LogP contribution in [0.4, 0.5) is 0 Å². The average Bonchev–Trinajstić information content (AvgIpc) is 2.25. The number of hydrogen-bond acceptors (Lipinski definition) is 3. The molecule has 0 bridgehead atoms. The van der Waals surface area contributed by atoms with E-state index in [1.54, 1.807) is 7.11 Å². The van der Waals surface area contributed by atoms with E-state index in [-0.39, 0.29) is 11.6 Å². The Morgan fingerprint density at radius 2 is 1.75 bits per heavy atom. The van der Waals surface area contributed by atoms with Gasteiger partial charge in [0.25, 0.3) is 0 Å². The van der Waals surface area contributed by atoms with E-state index in [0.29, 0.717) is 6.10 Å². The number of rotatable bonds is 4. The van der Waals surface area contributed by atoms with Crippen LogP contribution < -0.4 is 0 Å². The first-order valence-corrected chi connectivity index (χ1v) is 5.92. The molecule has 1 rings (SSSR count). The van der Waals surface area contributed by atoms with E-state index in [9.17, 15) is 4.79 Å². The van der Waals surface area contributed by atoms with Crippen molar-refractivity contribution in [1.82, 2.24) is 5.06 Å². The van der Waals surface area contributed by atoms with Gasteiger partial charge >= 0.3 is 0 Å². The van der Waals surface area contributed by atoms with Gasteiger partial charge in [-0.15, -0.1) is 0 Å². The van der Waals surface area contributed by atoms with Gasteiger partial charge in [0, 0.05) is 7.11 Å². The summed E-state index contributed by atoms with van der Waals surface area (Å²) in [6.45, 7) is 5.85. The van der Waals surface area contributed by atoms with Gasteiger partial charge in [0.1, 0.15) is 0 Å². The summed E-state index contributed by atoms with van der Waals surface area (Å²) in [5.74, 6) is 0. The summed E-state index contributed by atoms with van der Waals surface area (Å²) in [5.41, 5.74) is -0.320. The fraction of sp³-hybridized carbons (Fsp3) is 0.917. The van der Waals surface area contributed by atoms with E-state index >= 15 is 0 Å². The summed E-state index contributed by atoms with van der Waals surface area (Å²) in [7, 11) is 1.74. The van der Waals surface area contributed by atoms with E-state index in [0.717, 1.165) is 32.1 Å². The molecule has 0 aromatic heterocycles. The second kappa shape index (κ2) is 5.64. The lowest BCUT2D eigenvalue weighted by Gasteiger charge is -2.36. The highest BCUT2D eigenvalue weighted by atomic mass is 16.7. The quantitative estimate of drug-likeness (QED) is 0.547. The van der Waals surface area contributed by atoms with Crippen LogP contribution in [-0.2, 0) is 14.4 Å². The van der Waals surface area contributed by atoms with Crippen molar-refractivity contribution < 1.29 is 14.4 Å². The van der Waals surface area contributed by atoms with Crippen LogP contribution in [0, 0.1) is 0 Å². The van der Waals surface area contributed by atoms with Crippen LogP contribution in [0.15, 0.2) is 0 Å². The maximum absolute atomic E-state index is 11.0. The Morgan fingerprint density at radius 3 is 2.12 bits per heavy atom. The van der Waals surface area contributed by atoms with E-state index in [1.807, 2.05) is 20.8 Å². The van der Waals surface area contributed by atoms with Crippen LogP contribution >= 0.6 is 0 Å². The molecule has 0 N–H and O–H groups in total. The molecule has 0 spiro atoms. The number of hydroxylamine groups is 2. The zero-order valence-corrected chi connectivity index (χ0v) is 10.7. The number of carbonyl (C=O) groups excluding carboxylic acids is 1. The van der Waals surface area contributed by atoms with Gasteiger partial charge in [-0.25, -0.2) is 5.06 Å². The van der Waals surface area contributed by atoms with E-state index in [2.05, 4.69) is 0 Å². The minimum atomic E-state index is -0.320. The summed E-state index contributed by atoms with van der Waals surface area (Å²) < 4.78 is 5.31. The molecule has 1 amide bonds. The molecular weight excluding hydrogens is 206 g/mol. The molecule has 0 aromatic carbocycles. The summed E-state index contributed by atoms with van der Waals surface area (Å²) in [4.78, 5) is 16.6. The minimum Gasteiger partial charge on any atom is -0.381 e. The van der Waals surface area contributed by atoms with Crippen LogP contribution in [0.3, 0.4) is 0 Å². The van der Waals surface area contributed by atoms with Gasteiger partial charge in [-0.05, 0) is 46.5 Å². The Hall–Kier alpha value is -0.610. The van der Waals surface area contributed by atoms with Crippen molar-refractivity contribution in [3.8, 4) is 0 Å². The van der Waals surface area contributed by atoms with Crippen LogP contribution in [0.2, 0.25) is 0 Å². The van der Waals surface area contributed by atoms with Crippen LogP contribution in [-0.4, -0.2) is 36.3 Å². The number of carbonyl (C=O) groups is 1. The first-order valence-electron chi connectivity index (χ1n) is 5.92. The predicted molar refractivity (Wildman–Crippen MR) is 61.8 cm³/mol. The Morgan fingerprint density at radius 1 is 1.19 bits per heavy atom. The van der Waals surface area contributed by atoms with Gasteiger partial charge in [0.2, 0.25) is 6.41 Å². The van der Waals surface area contributed by atoms with E-state index in [4.69, 9.17) is 9.57 Å². The van der Waals surface area contributed by atoms with Crippen LogP contribution in [0.25, 0.3) is 0 Å². The molecule has 1 aliphatic rings. The number of nitrogens with zero attached hydrogens (tertiary/aromatic N) is 1. The van der Waals surface area contributed by atoms with Crippen molar-refractivity contribution in [3.05, 3.63) is 0 Å². The maximum atomic E-state index is 11.0. The second-order valence-electron chi connectivity index (χ2n) is 5.34. The first kappa shape index (κ1) is 13.5. The van der Waals surface area contributed by atoms with Gasteiger partial charge < -0.3 is 4.74 Å². The Labute approximate surface area is 97.9 Å². The van der Waals surface area contributed by atoms with Crippen LogP contribution in [0.1, 0.15) is 46.5 Å². The molecule has 0 heterocycles. The molecule has 0 aliphatic heterocycles. The highest BCUT2D eigenvalue weighted by Crippen LogP contribution is 2.25. The van der Waals surface area contributed by atoms with Crippen molar-refractivity contribution in [1.29, 1.82) is 0 Å². The van der Waals surface area contributed by atoms with Crippen molar-refractivity contribution in [2.45, 2.75) is 64.2 Å². The Kier molecular flexibility index (Phi) is 4.74. The SMILES string of the molecule is CO[C@H]1CC[C@H](N(C=O)OC(C)(C)C)CC1. The molecule has 4 heteroatoms. The molecule has 0 saturated heterocycles. The molecule has 4 nitrogen and oxygen atoms in total. The standard InChI is InChI=1S/C12H23NO3/c1-12(2,3)16-13(9-14)10-5-7-11(15-4)8-6-10/h9-11H,5-8H2,1-4H3/t10-,11-. The molecule has 1 fully saturated rings. The molecule has 16 heavy (non-hydrogen) atoms. The van der Waals surface area contributed by atoms with Crippen molar-refractivity contribution in [3.63, 3.8) is 0 Å². The number of amides is 1. The third-order valence-electron chi connectivity index (χ3n) is 2.82. The molecule has 1 aliphatic carbocycles. The molecule has 1 saturated carbocycles. The predicted octanol–water partition coefficient (Wildman–Crippen LogP) is 2.13. The normalized spacial score (nSPS) is 26.5. The fourth-order valence-electron chi connectivity index (χ4n) is 2.03. The second-order valence-corrected chi connectivity index (χ2v) is 5.34. The van der Waals surface area contributed by atoms with Crippen molar-refractivity contribution in [2.24, 2.45) is 0 Å². The number of hydrogen-bond donors (Lipinski definition) is 0. The summed E-state index contributed by atoms with van der Waals surface area (Å²) >= 11 is 0. The lowest BCUT2D eigenvalue weighted by molar-refractivity contribution is -0.237. The fourth-order valence-corrected chi connectivity index (χ4v) is 2.03. The number of methoxy groups -OCH3 is 1. The highest BCUT2D eigenvalue weighted by molar-refractivity contribution is 5.45. The molecule has 0 atom stereocenters. The van der Waals surface area contributed by atoms with Gasteiger partial charge in [0.15, 0.2) is 0 Å². The molecule has 94 valence electrons. The lowest BCUT2D eigenvalue weighted by atomic mass is 9.93. The number of ether oxygens (including phenoxy) is 1. The molecule has 0 aromatic rings. The smallest absolute Gasteiger partial charge is 0.233 e. The third-order valence-corrected chi connectivity index (χ3v) is 2.82. The summed E-state index contributed by atoms with van der Waals surface area (Å²) in [6, 6.07) is 0.197. The zero-order valence-electron chi connectivity index (χ0n) is 10.7. The van der Waals surface area contributed by atoms with Gasteiger partial charge in [-0.3, -0.25) is 9.63 Å². The topological polar surface area (TPSA) is 38.8 Å². The first-order chi connectivity index (χ1) is 7.46. The Bertz CT molecular complexity index is 217. The minimum absolute atomic E-state index is 0.197. The monoisotopic (exact) mass is 229 g/mol. The van der Waals surface area contributed by atoms with Gasteiger partial charge in [-0.2, -0.15) is 0 Å². The Balaban J connectivity index is 2.46.